The lowest BCUT2D eigenvalue weighted by Gasteiger charge is -2.44. The van der Waals surface area contributed by atoms with Crippen LogP contribution in [0.3, 0.4) is 0 Å². The van der Waals surface area contributed by atoms with Crippen LogP contribution in [0.5, 0.6) is 0 Å². The van der Waals surface area contributed by atoms with E-state index in [2.05, 4.69) is 15.9 Å². The second kappa shape index (κ2) is 14.2. The van der Waals surface area contributed by atoms with Gasteiger partial charge in [-0.15, -0.1) is 0 Å². The highest BCUT2D eigenvalue weighted by molar-refractivity contribution is 9.09. The molecule has 0 spiro atoms. The number of hydrogen-bond acceptors (Lipinski definition) is 6. The zero-order chi connectivity index (χ0) is 31.2. The van der Waals surface area contributed by atoms with Gasteiger partial charge in [0.05, 0.1) is 29.9 Å². The quantitative estimate of drug-likeness (QED) is 0.129. The Hall–Kier alpha value is -2.97. The van der Waals surface area contributed by atoms with E-state index >= 15 is 0 Å². The highest BCUT2D eigenvalue weighted by Crippen LogP contribution is 2.33. The van der Waals surface area contributed by atoms with E-state index in [1.54, 1.807) is 30.3 Å². The first-order valence-corrected chi connectivity index (χ1v) is 14.1. The maximum absolute atomic E-state index is 13.1. The van der Waals surface area contributed by atoms with Crippen LogP contribution in [0.1, 0.15) is 32.6 Å². The zero-order valence-corrected chi connectivity index (χ0v) is 24.2. The van der Waals surface area contributed by atoms with Crippen molar-refractivity contribution in [2.75, 3.05) is 12.4 Å². The first-order valence-electron chi connectivity index (χ1n) is 13.0. The Morgan fingerprint density at radius 3 is 1.67 bits per heavy atom. The van der Waals surface area contributed by atoms with Crippen molar-refractivity contribution in [1.29, 1.82) is 0 Å². The molecule has 0 bridgehead atoms. The number of rotatable bonds is 10. The third kappa shape index (κ3) is 8.57. The van der Waals surface area contributed by atoms with Crippen LogP contribution in [0.2, 0.25) is 0 Å². The molecule has 1 saturated heterocycles. The third-order valence-electron chi connectivity index (χ3n) is 6.68. The minimum atomic E-state index is -4.51. The Labute approximate surface area is 252 Å². The number of carbonyl (C=O) groups excluding carboxylic acids is 1. The van der Waals surface area contributed by atoms with Gasteiger partial charge in [0.2, 0.25) is 0 Å². The molecule has 0 saturated carbocycles. The molecule has 1 aliphatic heterocycles. The van der Waals surface area contributed by atoms with Crippen molar-refractivity contribution >= 4 is 21.9 Å². The predicted octanol–water partition coefficient (Wildman–Crippen LogP) is 7.19. The molecular formula is C30H27BrF6O6. The van der Waals surface area contributed by atoms with Gasteiger partial charge in [0.15, 0.2) is 12.4 Å². The number of carbonyl (C=O) groups is 1. The van der Waals surface area contributed by atoms with Crippen molar-refractivity contribution < 1.29 is 54.8 Å². The Morgan fingerprint density at radius 1 is 0.744 bits per heavy atom. The minimum Gasteiger partial charge on any atom is -0.453 e. The predicted molar refractivity (Wildman–Crippen MR) is 145 cm³/mol. The monoisotopic (exact) mass is 676 g/mol. The van der Waals surface area contributed by atoms with Gasteiger partial charge in [-0.05, 0) is 47.5 Å². The van der Waals surface area contributed by atoms with E-state index in [1.807, 2.05) is 0 Å². The number of benzene rings is 3. The van der Waals surface area contributed by atoms with Gasteiger partial charge in [-0.25, -0.2) is 4.79 Å². The zero-order valence-electron chi connectivity index (χ0n) is 22.6. The molecule has 0 radical (unpaired) electrons. The molecule has 1 heterocycles. The molecule has 3 aromatic carbocycles. The van der Waals surface area contributed by atoms with Gasteiger partial charge in [0.1, 0.15) is 18.3 Å². The summed E-state index contributed by atoms with van der Waals surface area (Å²) in [5.74, 6) is -0.680. The molecule has 0 unspecified atom stereocenters. The number of ether oxygens (including phenoxy) is 5. The smallest absolute Gasteiger partial charge is 0.416 e. The molecule has 0 aliphatic carbocycles. The molecule has 1 aliphatic rings. The molecule has 43 heavy (non-hydrogen) atoms. The van der Waals surface area contributed by atoms with Crippen molar-refractivity contribution in [1.82, 2.24) is 0 Å². The largest absolute Gasteiger partial charge is 0.453 e. The number of halogens is 7. The molecule has 0 N–H and O–H groups in total. The fraction of sp³-hybridized carbons (Fsp3) is 0.367. The van der Waals surface area contributed by atoms with Gasteiger partial charge in [-0.2, -0.15) is 26.3 Å². The molecule has 6 nitrogen and oxygen atoms in total. The second-order valence-electron chi connectivity index (χ2n) is 9.61. The summed E-state index contributed by atoms with van der Waals surface area (Å²) in [6.45, 7) is -0.363. The summed E-state index contributed by atoms with van der Waals surface area (Å²) in [5, 5.41) is 0.186. The molecule has 0 aromatic heterocycles. The summed E-state index contributed by atoms with van der Waals surface area (Å²) >= 11 is 3.36. The Morgan fingerprint density at radius 2 is 1.23 bits per heavy atom. The van der Waals surface area contributed by atoms with E-state index in [-0.39, 0.29) is 24.1 Å². The van der Waals surface area contributed by atoms with Crippen LogP contribution < -0.4 is 0 Å². The summed E-state index contributed by atoms with van der Waals surface area (Å²) in [6, 6.07) is 16.9. The van der Waals surface area contributed by atoms with Crippen molar-refractivity contribution in [3.8, 4) is 0 Å². The lowest BCUT2D eigenvalue weighted by Crippen LogP contribution is -2.61. The lowest BCUT2D eigenvalue weighted by molar-refractivity contribution is -0.305. The van der Waals surface area contributed by atoms with Crippen LogP contribution in [-0.4, -0.2) is 49.1 Å². The van der Waals surface area contributed by atoms with Gasteiger partial charge in [0.25, 0.3) is 0 Å². The molecule has 3 aromatic rings. The molecule has 13 heteroatoms. The SMILES string of the molecule is CO[C@H]1O[C@H](CBr)[C@@H](OC(=O)c2ccccc2)[C@H](OCc2ccc(C(F)(F)F)cc2)[C@H]1OCc1ccc(C(F)(F)F)cc1. The average Bonchev–Trinajstić information content (AvgIpc) is 2.99. The van der Waals surface area contributed by atoms with Crippen molar-refractivity contribution in [2.45, 2.75) is 56.3 Å². The van der Waals surface area contributed by atoms with Crippen LogP contribution >= 0.6 is 15.9 Å². The Balaban J connectivity index is 1.60. The van der Waals surface area contributed by atoms with Gasteiger partial charge in [-0.3, -0.25) is 0 Å². The highest BCUT2D eigenvalue weighted by Gasteiger charge is 2.49. The molecule has 5 atom stereocenters. The molecule has 4 rings (SSSR count). The van der Waals surface area contributed by atoms with E-state index in [0.717, 1.165) is 24.3 Å². The second-order valence-corrected chi connectivity index (χ2v) is 10.3. The van der Waals surface area contributed by atoms with Crippen LogP contribution in [0.15, 0.2) is 78.9 Å². The summed E-state index contributed by atoms with van der Waals surface area (Å²) in [6.07, 6.45) is -14.1. The number of esters is 1. The van der Waals surface area contributed by atoms with Gasteiger partial charge in [0, 0.05) is 12.4 Å². The van der Waals surface area contributed by atoms with E-state index in [0.29, 0.717) is 11.1 Å². The number of alkyl halides is 7. The van der Waals surface area contributed by atoms with Crippen molar-refractivity contribution in [2.24, 2.45) is 0 Å². The van der Waals surface area contributed by atoms with Crippen LogP contribution in [0.4, 0.5) is 26.3 Å². The lowest BCUT2D eigenvalue weighted by atomic mass is 9.98. The molecule has 232 valence electrons. The van der Waals surface area contributed by atoms with Gasteiger partial charge in [-0.1, -0.05) is 58.4 Å². The van der Waals surface area contributed by atoms with Gasteiger partial charge < -0.3 is 23.7 Å². The van der Waals surface area contributed by atoms with Crippen LogP contribution in [0.25, 0.3) is 0 Å². The summed E-state index contributed by atoms with van der Waals surface area (Å²) < 4.78 is 108. The van der Waals surface area contributed by atoms with Crippen molar-refractivity contribution in [3.05, 3.63) is 107 Å². The summed E-state index contributed by atoms with van der Waals surface area (Å²) in [7, 11) is 1.35. The third-order valence-corrected chi connectivity index (χ3v) is 7.31. The first kappa shape index (κ1) is 32.9. The van der Waals surface area contributed by atoms with E-state index in [4.69, 9.17) is 23.7 Å². The Bertz CT molecular complexity index is 1320. The molecule has 0 amide bonds. The summed E-state index contributed by atoms with van der Waals surface area (Å²) in [4.78, 5) is 13.1. The molecule has 1 fully saturated rings. The van der Waals surface area contributed by atoms with Crippen molar-refractivity contribution in [3.63, 3.8) is 0 Å². The topological polar surface area (TPSA) is 63.2 Å². The van der Waals surface area contributed by atoms with Crippen LogP contribution in [0, 0.1) is 0 Å². The maximum Gasteiger partial charge on any atom is 0.416 e. The summed E-state index contributed by atoms with van der Waals surface area (Å²) in [5.41, 5.74) is -0.581. The van der Waals surface area contributed by atoms with Gasteiger partial charge >= 0.3 is 18.3 Å². The maximum atomic E-state index is 13.1. The highest BCUT2D eigenvalue weighted by atomic mass is 79.9. The molecular weight excluding hydrogens is 650 g/mol. The fourth-order valence-electron chi connectivity index (χ4n) is 4.43. The van der Waals surface area contributed by atoms with Crippen LogP contribution in [-0.2, 0) is 49.3 Å². The first-order chi connectivity index (χ1) is 20.4. The van der Waals surface area contributed by atoms with E-state index in [1.165, 1.54) is 31.4 Å². The average molecular weight is 677 g/mol. The number of methoxy groups -OCH3 is 1. The standard InChI is InChI=1S/C30H27BrF6O6/c1-39-28-26(41-17-19-9-13-22(14-10-19)30(35,36)37)25(40-16-18-7-11-21(12-8-18)29(32,33)34)24(23(15-31)42-28)43-27(38)20-5-3-2-4-6-20/h2-14,23-26,28H,15-17H2,1H3/t23-,24-,25+,26-,28+/m1/s1. The Kier molecular flexibility index (Phi) is 10.9. The normalized spacial score (nSPS) is 22.7. The minimum absolute atomic E-state index is 0.176. The fourth-order valence-corrected chi connectivity index (χ4v) is 4.95. The van der Waals surface area contributed by atoms with E-state index < -0.39 is 60.2 Å². The number of hydrogen-bond donors (Lipinski definition) is 0. The van der Waals surface area contributed by atoms with E-state index in [9.17, 15) is 31.1 Å².